The molecule has 0 radical (unpaired) electrons. The van der Waals surface area contributed by atoms with E-state index in [0.29, 0.717) is 6.42 Å². The van der Waals surface area contributed by atoms with Crippen LogP contribution in [-0.2, 0) is 14.8 Å². The van der Waals surface area contributed by atoms with Crippen LogP contribution in [0, 0.1) is 11.2 Å². The summed E-state index contributed by atoms with van der Waals surface area (Å²) in [6, 6.07) is 3.15. The molecule has 0 aromatic heterocycles. The van der Waals surface area contributed by atoms with Crippen molar-refractivity contribution in [2.45, 2.75) is 37.3 Å². The Kier molecular flexibility index (Phi) is 3.79. The van der Waals surface area contributed by atoms with E-state index in [-0.39, 0.29) is 28.1 Å². The maximum absolute atomic E-state index is 13.1. The minimum absolute atomic E-state index is 0.0217. The van der Waals surface area contributed by atoms with Gasteiger partial charge in [0.25, 0.3) is 0 Å². The molecule has 0 amide bonds. The number of methoxy groups -OCH3 is 1. The van der Waals surface area contributed by atoms with E-state index in [4.69, 9.17) is 10.5 Å². The molecule has 0 saturated heterocycles. The van der Waals surface area contributed by atoms with Gasteiger partial charge in [0.1, 0.15) is 5.82 Å². The van der Waals surface area contributed by atoms with E-state index < -0.39 is 15.8 Å². The summed E-state index contributed by atoms with van der Waals surface area (Å²) in [5.41, 5.74) is 4.94. The van der Waals surface area contributed by atoms with Crippen molar-refractivity contribution in [3.63, 3.8) is 0 Å². The van der Waals surface area contributed by atoms with Gasteiger partial charge in [0.05, 0.1) is 16.7 Å². The highest BCUT2D eigenvalue weighted by Gasteiger charge is 2.50. The van der Waals surface area contributed by atoms with Crippen LogP contribution in [-0.4, -0.2) is 27.7 Å². The molecule has 0 heterocycles. The number of halogens is 1. The molecule has 2 rings (SSSR count). The first kappa shape index (κ1) is 15.2. The molecule has 2 atom stereocenters. The summed E-state index contributed by atoms with van der Waals surface area (Å²) in [4.78, 5) is -0.0342. The first-order valence-electron chi connectivity index (χ1n) is 6.28. The Bertz CT molecular complexity index is 616. The van der Waals surface area contributed by atoms with Gasteiger partial charge in [-0.2, -0.15) is 0 Å². The number of hydrogen-bond donors (Lipinski definition) is 2. The number of hydrogen-bond acceptors (Lipinski definition) is 4. The maximum atomic E-state index is 13.1. The van der Waals surface area contributed by atoms with Crippen LogP contribution in [0.4, 0.5) is 10.1 Å². The van der Waals surface area contributed by atoms with Crippen LogP contribution >= 0.6 is 0 Å². The third-order valence-corrected chi connectivity index (χ3v) is 5.51. The summed E-state index contributed by atoms with van der Waals surface area (Å²) in [7, 11) is -2.11. The third-order valence-electron chi connectivity index (χ3n) is 4.04. The first-order valence-corrected chi connectivity index (χ1v) is 7.77. The van der Waals surface area contributed by atoms with E-state index in [2.05, 4.69) is 4.72 Å². The third kappa shape index (κ3) is 2.53. The number of rotatable bonds is 4. The lowest BCUT2D eigenvalue weighted by atomic mass is 9.65. The van der Waals surface area contributed by atoms with Gasteiger partial charge < -0.3 is 10.5 Å². The molecule has 0 spiro atoms. The zero-order chi connectivity index (χ0) is 15.1. The summed E-state index contributed by atoms with van der Waals surface area (Å²) in [5, 5.41) is 0. The van der Waals surface area contributed by atoms with E-state index in [1.54, 1.807) is 7.11 Å². The van der Waals surface area contributed by atoms with E-state index in [9.17, 15) is 12.8 Å². The van der Waals surface area contributed by atoms with Crippen molar-refractivity contribution in [3.05, 3.63) is 24.0 Å². The van der Waals surface area contributed by atoms with Crippen LogP contribution in [0.25, 0.3) is 0 Å². The minimum Gasteiger partial charge on any atom is -0.396 e. The summed E-state index contributed by atoms with van der Waals surface area (Å²) < 4.78 is 45.5. The fourth-order valence-electron chi connectivity index (χ4n) is 2.43. The van der Waals surface area contributed by atoms with Crippen LogP contribution in [0.1, 0.15) is 20.3 Å². The van der Waals surface area contributed by atoms with Crippen molar-refractivity contribution in [2.75, 3.05) is 12.8 Å². The van der Waals surface area contributed by atoms with Crippen LogP contribution < -0.4 is 10.5 Å². The number of sulfonamides is 1. The van der Waals surface area contributed by atoms with E-state index in [0.717, 1.165) is 12.1 Å². The van der Waals surface area contributed by atoms with E-state index in [1.165, 1.54) is 6.07 Å². The van der Waals surface area contributed by atoms with Crippen molar-refractivity contribution >= 4 is 15.7 Å². The Balaban J connectivity index is 2.18. The number of nitrogens with two attached hydrogens (primary N) is 1. The lowest BCUT2D eigenvalue weighted by Gasteiger charge is -2.50. The van der Waals surface area contributed by atoms with Crippen molar-refractivity contribution in [2.24, 2.45) is 5.41 Å². The van der Waals surface area contributed by atoms with Gasteiger partial charge in [0, 0.05) is 18.6 Å². The van der Waals surface area contributed by atoms with Crippen LogP contribution in [0.5, 0.6) is 0 Å². The normalized spacial score (nSPS) is 25.2. The number of nitrogen functional groups attached to an aromatic ring is 1. The molecule has 2 unspecified atom stereocenters. The van der Waals surface area contributed by atoms with Crippen molar-refractivity contribution < 1.29 is 17.5 Å². The summed E-state index contributed by atoms with van der Waals surface area (Å²) >= 11 is 0. The topological polar surface area (TPSA) is 81.4 Å². The molecule has 1 aliphatic carbocycles. The van der Waals surface area contributed by atoms with Crippen molar-refractivity contribution in [1.29, 1.82) is 0 Å². The lowest BCUT2D eigenvalue weighted by Crippen LogP contribution is -2.61. The van der Waals surface area contributed by atoms with Gasteiger partial charge >= 0.3 is 0 Å². The van der Waals surface area contributed by atoms with Crippen molar-refractivity contribution in [1.82, 2.24) is 4.72 Å². The molecule has 1 aliphatic rings. The van der Waals surface area contributed by atoms with Crippen LogP contribution in [0.15, 0.2) is 23.1 Å². The molecule has 1 saturated carbocycles. The quantitative estimate of drug-likeness (QED) is 0.826. The summed E-state index contributed by atoms with van der Waals surface area (Å²) in [6.45, 7) is 3.88. The van der Waals surface area contributed by atoms with E-state index >= 15 is 0 Å². The molecule has 1 aromatic carbocycles. The Labute approximate surface area is 118 Å². The Morgan fingerprint density at radius 2 is 2.10 bits per heavy atom. The van der Waals surface area contributed by atoms with Gasteiger partial charge in [-0.1, -0.05) is 13.8 Å². The highest BCUT2D eigenvalue weighted by atomic mass is 32.2. The second-order valence-corrected chi connectivity index (χ2v) is 7.35. The predicted molar refractivity (Wildman–Crippen MR) is 74.1 cm³/mol. The molecule has 7 heteroatoms. The molecule has 112 valence electrons. The van der Waals surface area contributed by atoms with Gasteiger partial charge in [0.15, 0.2) is 0 Å². The molecule has 0 bridgehead atoms. The molecular formula is C13H19FN2O3S. The number of benzene rings is 1. The monoisotopic (exact) mass is 302 g/mol. The Morgan fingerprint density at radius 3 is 2.60 bits per heavy atom. The molecular weight excluding hydrogens is 283 g/mol. The molecule has 5 nitrogen and oxygen atoms in total. The zero-order valence-electron chi connectivity index (χ0n) is 11.7. The van der Waals surface area contributed by atoms with Gasteiger partial charge in [-0.05, 0) is 24.6 Å². The maximum Gasteiger partial charge on any atom is 0.240 e. The van der Waals surface area contributed by atoms with Gasteiger partial charge in [-0.15, -0.1) is 0 Å². The second-order valence-electron chi connectivity index (χ2n) is 5.64. The zero-order valence-corrected chi connectivity index (χ0v) is 12.5. The van der Waals surface area contributed by atoms with Crippen LogP contribution in [0.3, 0.4) is 0 Å². The number of anilines is 1. The molecule has 1 aromatic rings. The average molecular weight is 302 g/mol. The average Bonchev–Trinajstić information content (AvgIpc) is 2.37. The Morgan fingerprint density at radius 1 is 1.45 bits per heavy atom. The fraction of sp³-hybridized carbons (Fsp3) is 0.538. The standard InChI is InChI=1S/C13H19FN2O3S/c1-13(2)11(7-12(13)19-3)16-20(17,18)8-4-5-9(14)10(15)6-8/h4-6,11-12,16H,7,15H2,1-3H3. The second kappa shape index (κ2) is 4.98. The van der Waals surface area contributed by atoms with E-state index in [1.807, 2.05) is 13.8 Å². The SMILES string of the molecule is COC1CC(NS(=O)(=O)c2ccc(F)c(N)c2)C1(C)C. The summed E-state index contributed by atoms with van der Waals surface area (Å²) in [6.07, 6.45) is 0.632. The van der Waals surface area contributed by atoms with Gasteiger partial charge in [0.2, 0.25) is 10.0 Å². The summed E-state index contributed by atoms with van der Waals surface area (Å²) in [5.74, 6) is -0.632. The number of nitrogens with one attached hydrogen (secondary N) is 1. The fourth-order valence-corrected chi connectivity index (χ4v) is 3.87. The predicted octanol–water partition coefficient (Wildman–Crippen LogP) is 1.50. The smallest absolute Gasteiger partial charge is 0.240 e. The Hall–Kier alpha value is -1.18. The largest absolute Gasteiger partial charge is 0.396 e. The first-order chi connectivity index (χ1) is 9.18. The van der Waals surface area contributed by atoms with Gasteiger partial charge in [-0.3, -0.25) is 0 Å². The van der Waals surface area contributed by atoms with Crippen LogP contribution in [0.2, 0.25) is 0 Å². The molecule has 3 N–H and O–H groups in total. The van der Waals surface area contributed by atoms with Gasteiger partial charge in [-0.25, -0.2) is 17.5 Å². The molecule has 1 fully saturated rings. The van der Waals surface area contributed by atoms with Crippen molar-refractivity contribution in [3.8, 4) is 0 Å². The molecule has 20 heavy (non-hydrogen) atoms. The molecule has 0 aliphatic heterocycles. The number of ether oxygens (including phenoxy) is 1. The minimum atomic E-state index is -3.71. The lowest BCUT2D eigenvalue weighted by molar-refractivity contribution is -0.0908. The highest BCUT2D eigenvalue weighted by molar-refractivity contribution is 7.89. The highest BCUT2D eigenvalue weighted by Crippen LogP contribution is 2.43.